The highest BCUT2D eigenvalue weighted by molar-refractivity contribution is 6.31. The van der Waals surface area contributed by atoms with Crippen LogP contribution in [0.5, 0.6) is 0 Å². The van der Waals surface area contributed by atoms with Crippen LogP contribution in [-0.4, -0.2) is 16.8 Å². The lowest BCUT2D eigenvalue weighted by atomic mass is 10.0. The molecule has 0 aliphatic rings. The molecule has 1 N–H and O–H groups in total. The summed E-state index contributed by atoms with van der Waals surface area (Å²) in [4.78, 5) is 16.5. The number of aromatic nitrogens is 1. The van der Waals surface area contributed by atoms with Crippen LogP contribution in [0, 0.1) is 6.92 Å². The maximum atomic E-state index is 12.3. The quantitative estimate of drug-likeness (QED) is 0.858. The van der Waals surface area contributed by atoms with Gasteiger partial charge in [-0.3, -0.25) is 9.78 Å². The van der Waals surface area contributed by atoms with E-state index in [0.717, 1.165) is 11.3 Å². The number of aryl methyl sites for hydroxylation is 1. The van der Waals surface area contributed by atoms with Gasteiger partial charge in [-0.05, 0) is 49.7 Å². The molecule has 1 aromatic heterocycles. The number of hydrogen-bond acceptors (Lipinski definition) is 3. The second-order valence-corrected chi connectivity index (χ2v) is 5.16. The molecule has 0 saturated carbocycles. The molecule has 0 amide bonds. The van der Waals surface area contributed by atoms with Crippen LogP contribution in [0.25, 0.3) is 0 Å². The molecule has 0 bridgehead atoms. The molecular formula is C16H17ClN2O. The lowest BCUT2D eigenvalue weighted by molar-refractivity contribution is 0.0950. The van der Waals surface area contributed by atoms with Crippen LogP contribution in [0.1, 0.15) is 28.5 Å². The van der Waals surface area contributed by atoms with E-state index in [0.29, 0.717) is 17.1 Å². The van der Waals surface area contributed by atoms with Crippen LogP contribution in [0.3, 0.4) is 0 Å². The predicted molar refractivity (Wildman–Crippen MR) is 81.1 cm³/mol. The first-order valence-corrected chi connectivity index (χ1v) is 6.89. The molecule has 1 atom stereocenters. The number of ketones is 1. The summed E-state index contributed by atoms with van der Waals surface area (Å²) in [7, 11) is 0. The SMILES string of the molecule is Cc1cc(C(=O)C(C)NCc2ccccn2)ccc1Cl. The molecule has 1 heterocycles. The Hall–Kier alpha value is -1.71. The average molecular weight is 289 g/mol. The van der Waals surface area contributed by atoms with E-state index >= 15 is 0 Å². The maximum Gasteiger partial charge on any atom is 0.179 e. The van der Waals surface area contributed by atoms with Crippen LogP contribution in [0.15, 0.2) is 42.6 Å². The number of Topliss-reactive ketones (excluding diaryl/α,β-unsaturated/α-hetero) is 1. The first-order chi connectivity index (χ1) is 9.58. The highest BCUT2D eigenvalue weighted by Gasteiger charge is 2.15. The van der Waals surface area contributed by atoms with Crippen LogP contribution in [0.2, 0.25) is 5.02 Å². The van der Waals surface area contributed by atoms with E-state index in [4.69, 9.17) is 11.6 Å². The summed E-state index contributed by atoms with van der Waals surface area (Å²) in [6.45, 7) is 4.32. The molecule has 0 aliphatic carbocycles. The number of nitrogens with zero attached hydrogens (tertiary/aromatic N) is 1. The Morgan fingerprint density at radius 3 is 2.80 bits per heavy atom. The number of carbonyl (C=O) groups excluding carboxylic acids is 1. The zero-order valence-corrected chi connectivity index (χ0v) is 12.3. The van der Waals surface area contributed by atoms with Crippen molar-refractivity contribution in [1.29, 1.82) is 0 Å². The highest BCUT2D eigenvalue weighted by Crippen LogP contribution is 2.17. The molecule has 20 heavy (non-hydrogen) atoms. The van der Waals surface area contributed by atoms with Crippen molar-refractivity contribution in [3.8, 4) is 0 Å². The van der Waals surface area contributed by atoms with Crippen LogP contribution >= 0.6 is 11.6 Å². The van der Waals surface area contributed by atoms with E-state index in [1.807, 2.05) is 38.1 Å². The normalized spacial score (nSPS) is 12.2. The van der Waals surface area contributed by atoms with Gasteiger partial charge in [0.15, 0.2) is 5.78 Å². The van der Waals surface area contributed by atoms with Crippen LogP contribution in [-0.2, 0) is 6.54 Å². The molecular weight excluding hydrogens is 272 g/mol. The number of carbonyl (C=O) groups is 1. The van der Waals surface area contributed by atoms with Crippen molar-refractivity contribution < 1.29 is 4.79 Å². The Bertz CT molecular complexity index is 599. The minimum absolute atomic E-state index is 0.0562. The van der Waals surface area contributed by atoms with Gasteiger partial charge in [0, 0.05) is 23.3 Å². The van der Waals surface area contributed by atoms with Crippen molar-refractivity contribution in [2.75, 3.05) is 0 Å². The fraction of sp³-hybridized carbons (Fsp3) is 0.250. The molecule has 3 nitrogen and oxygen atoms in total. The minimum Gasteiger partial charge on any atom is -0.302 e. The summed E-state index contributed by atoms with van der Waals surface area (Å²) < 4.78 is 0. The van der Waals surface area contributed by atoms with Gasteiger partial charge < -0.3 is 5.32 Å². The van der Waals surface area contributed by atoms with Gasteiger partial charge >= 0.3 is 0 Å². The molecule has 4 heteroatoms. The Morgan fingerprint density at radius 1 is 1.35 bits per heavy atom. The lowest BCUT2D eigenvalue weighted by Gasteiger charge is -2.13. The molecule has 2 aromatic rings. The first kappa shape index (κ1) is 14.7. The summed E-state index contributed by atoms with van der Waals surface area (Å²) >= 11 is 5.97. The third kappa shape index (κ3) is 3.65. The Kier molecular flexibility index (Phi) is 4.88. The van der Waals surface area contributed by atoms with Crippen molar-refractivity contribution in [3.05, 3.63) is 64.4 Å². The molecule has 0 spiro atoms. The van der Waals surface area contributed by atoms with Gasteiger partial charge in [-0.15, -0.1) is 0 Å². The Labute approximate surface area is 124 Å². The average Bonchev–Trinajstić information content (AvgIpc) is 2.48. The molecule has 0 saturated heterocycles. The summed E-state index contributed by atoms with van der Waals surface area (Å²) in [5.74, 6) is 0.0562. The van der Waals surface area contributed by atoms with E-state index in [2.05, 4.69) is 10.3 Å². The van der Waals surface area contributed by atoms with Gasteiger partial charge in [0.2, 0.25) is 0 Å². The van der Waals surface area contributed by atoms with Crippen molar-refractivity contribution >= 4 is 17.4 Å². The third-order valence-electron chi connectivity index (χ3n) is 3.15. The van der Waals surface area contributed by atoms with Gasteiger partial charge in [0.1, 0.15) is 0 Å². The second-order valence-electron chi connectivity index (χ2n) is 4.75. The van der Waals surface area contributed by atoms with Crippen LogP contribution in [0.4, 0.5) is 0 Å². The van der Waals surface area contributed by atoms with Gasteiger partial charge in [0.25, 0.3) is 0 Å². The number of hydrogen-bond donors (Lipinski definition) is 1. The Morgan fingerprint density at radius 2 is 2.15 bits per heavy atom. The molecule has 104 valence electrons. The van der Waals surface area contributed by atoms with E-state index in [1.54, 1.807) is 18.3 Å². The van der Waals surface area contributed by atoms with E-state index in [-0.39, 0.29) is 11.8 Å². The molecule has 1 aromatic carbocycles. The topological polar surface area (TPSA) is 42.0 Å². The lowest BCUT2D eigenvalue weighted by Crippen LogP contribution is -2.33. The first-order valence-electron chi connectivity index (χ1n) is 6.51. The van der Waals surface area contributed by atoms with Crippen LogP contribution < -0.4 is 5.32 Å². The summed E-state index contributed by atoms with van der Waals surface area (Å²) in [5.41, 5.74) is 2.50. The summed E-state index contributed by atoms with van der Waals surface area (Å²) in [6.07, 6.45) is 1.74. The summed E-state index contributed by atoms with van der Waals surface area (Å²) in [6, 6.07) is 10.8. The van der Waals surface area contributed by atoms with E-state index in [1.165, 1.54) is 0 Å². The van der Waals surface area contributed by atoms with Crippen molar-refractivity contribution in [2.45, 2.75) is 26.4 Å². The smallest absolute Gasteiger partial charge is 0.179 e. The second kappa shape index (κ2) is 6.64. The maximum absolute atomic E-state index is 12.3. The standard InChI is InChI=1S/C16H17ClN2O/c1-11-9-13(6-7-15(11)17)16(20)12(2)19-10-14-5-3-4-8-18-14/h3-9,12,19H,10H2,1-2H3. The van der Waals surface area contributed by atoms with Crippen molar-refractivity contribution in [2.24, 2.45) is 0 Å². The number of benzene rings is 1. The van der Waals surface area contributed by atoms with Gasteiger partial charge in [-0.25, -0.2) is 0 Å². The molecule has 2 rings (SSSR count). The number of nitrogens with one attached hydrogen (secondary N) is 1. The molecule has 0 aliphatic heterocycles. The monoisotopic (exact) mass is 288 g/mol. The molecule has 0 radical (unpaired) electrons. The predicted octanol–water partition coefficient (Wildman–Crippen LogP) is 3.40. The van der Waals surface area contributed by atoms with Crippen molar-refractivity contribution in [3.63, 3.8) is 0 Å². The fourth-order valence-corrected chi connectivity index (χ4v) is 2.02. The molecule has 1 unspecified atom stereocenters. The van der Waals surface area contributed by atoms with Gasteiger partial charge in [-0.1, -0.05) is 17.7 Å². The third-order valence-corrected chi connectivity index (χ3v) is 3.58. The van der Waals surface area contributed by atoms with E-state index < -0.39 is 0 Å². The number of pyridine rings is 1. The van der Waals surface area contributed by atoms with Gasteiger partial charge in [0.05, 0.1) is 11.7 Å². The Balaban J connectivity index is 1.99. The fourth-order valence-electron chi connectivity index (χ4n) is 1.90. The van der Waals surface area contributed by atoms with Crippen molar-refractivity contribution in [1.82, 2.24) is 10.3 Å². The molecule has 0 fully saturated rings. The number of rotatable bonds is 5. The van der Waals surface area contributed by atoms with E-state index in [9.17, 15) is 4.79 Å². The zero-order valence-electron chi connectivity index (χ0n) is 11.6. The minimum atomic E-state index is -0.266. The highest BCUT2D eigenvalue weighted by atomic mass is 35.5. The largest absolute Gasteiger partial charge is 0.302 e. The zero-order chi connectivity index (χ0) is 14.5. The van der Waals surface area contributed by atoms with Gasteiger partial charge in [-0.2, -0.15) is 0 Å². The number of halogens is 1. The summed E-state index contributed by atoms with van der Waals surface area (Å²) in [5, 5.41) is 3.86.